The molecular weight excluding hydrogens is 280 g/mol. The van der Waals surface area contributed by atoms with Gasteiger partial charge in [0, 0.05) is 12.8 Å². The zero-order valence-corrected chi connectivity index (χ0v) is 15.8. The van der Waals surface area contributed by atoms with Crippen LogP contribution in [-0.2, 0) is 4.79 Å². The van der Waals surface area contributed by atoms with Crippen LogP contribution in [0.5, 0.6) is 0 Å². The summed E-state index contributed by atoms with van der Waals surface area (Å²) >= 11 is 0. The highest BCUT2D eigenvalue weighted by molar-refractivity contribution is 5.78. The molecular formula is C22H40O. The highest BCUT2D eigenvalue weighted by Gasteiger charge is 2.00. The van der Waals surface area contributed by atoms with Gasteiger partial charge in [0.05, 0.1) is 0 Å². The van der Waals surface area contributed by atoms with E-state index in [4.69, 9.17) is 0 Å². The summed E-state index contributed by atoms with van der Waals surface area (Å²) in [6, 6.07) is 0. The molecule has 0 rings (SSSR count). The lowest BCUT2D eigenvalue weighted by Crippen LogP contribution is -1.96. The molecule has 0 aliphatic rings. The minimum Gasteiger partial charge on any atom is -0.300 e. The number of hydrogen-bond acceptors (Lipinski definition) is 1. The lowest BCUT2D eigenvalue weighted by atomic mass is 10.1. The molecule has 0 saturated heterocycles. The van der Waals surface area contributed by atoms with Crippen molar-refractivity contribution in [3.63, 3.8) is 0 Å². The molecule has 134 valence electrons. The molecule has 0 aliphatic carbocycles. The van der Waals surface area contributed by atoms with Gasteiger partial charge in [0.2, 0.25) is 0 Å². The van der Waals surface area contributed by atoms with E-state index in [-0.39, 0.29) is 0 Å². The maximum Gasteiger partial charge on any atom is 0.132 e. The van der Waals surface area contributed by atoms with E-state index in [0.717, 1.165) is 44.9 Å². The van der Waals surface area contributed by atoms with Gasteiger partial charge in [-0.3, -0.25) is 4.79 Å². The van der Waals surface area contributed by atoms with E-state index in [9.17, 15) is 4.79 Å². The smallest absolute Gasteiger partial charge is 0.132 e. The zero-order valence-electron chi connectivity index (χ0n) is 15.8. The number of carbonyl (C=O) groups excluding carboxylic acids is 1. The predicted molar refractivity (Wildman–Crippen MR) is 104 cm³/mol. The molecule has 0 spiro atoms. The fraction of sp³-hybridized carbons (Fsp3) is 0.773. The van der Waals surface area contributed by atoms with E-state index in [2.05, 4.69) is 38.2 Å². The summed E-state index contributed by atoms with van der Waals surface area (Å²) in [5, 5.41) is 0. The molecule has 0 fully saturated rings. The van der Waals surface area contributed by atoms with Crippen molar-refractivity contribution in [3.05, 3.63) is 24.3 Å². The van der Waals surface area contributed by atoms with Crippen molar-refractivity contribution in [3.8, 4) is 0 Å². The van der Waals surface area contributed by atoms with E-state index >= 15 is 0 Å². The van der Waals surface area contributed by atoms with Crippen molar-refractivity contribution >= 4 is 5.78 Å². The quantitative estimate of drug-likeness (QED) is 0.199. The molecule has 0 bridgehead atoms. The first kappa shape index (κ1) is 22.1. The first-order valence-corrected chi connectivity index (χ1v) is 10.1. The Hall–Kier alpha value is -0.850. The van der Waals surface area contributed by atoms with E-state index in [1.807, 2.05) is 0 Å². The molecule has 1 nitrogen and oxygen atoms in total. The Bertz CT molecular complexity index is 301. The van der Waals surface area contributed by atoms with Crippen molar-refractivity contribution in [2.24, 2.45) is 0 Å². The van der Waals surface area contributed by atoms with E-state index in [0.29, 0.717) is 5.78 Å². The molecule has 0 aromatic heterocycles. The maximum absolute atomic E-state index is 11.8. The van der Waals surface area contributed by atoms with Gasteiger partial charge >= 0.3 is 0 Å². The van der Waals surface area contributed by atoms with Crippen molar-refractivity contribution in [2.45, 2.75) is 110 Å². The molecule has 1 heteroatoms. The summed E-state index contributed by atoms with van der Waals surface area (Å²) < 4.78 is 0. The average molecular weight is 321 g/mol. The summed E-state index contributed by atoms with van der Waals surface area (Å²) in [6.45, 7) is 4.48. The van der Waals surface area contributed by atoms with Crippen LogP contribution < -0.4 is 0 Å². The van der Waals surface area contributed by atoms with Crippen LogP contribution in [0.25, 0.3) is 0 Å². The summed E-state index contributed by atoms with van der Waals surface area (Å²) in [7, 11) is 0. The Morgan fingerprint density at radius 3 is 1.43 bits per heavy atom. The van der Waals surface area contributed by atoms with Crippen molar-refractivity contribution in [1.29, 1.82) is 0 Å². The van der Waals surface area contributed by atoms with Gasteiger partial charge in [-0.15, -0.1) is 0 Å². The van der Waals surface area contributed by atoms with Gasteiger partial charge < -0.3 is 0 Å². The SMILES string of the molecule is CCCCC/C=C\CCCCC(=O)CCC/C=C\CCCCC. The topological polar surface area (TPSA) is 17.1 Å². The number of hydrogen-bond donors (Lipinski definition) is 0. The van der Waals surface area contributed by atoms with E-state index in [1.54, 1.807) is 0 Å². The fourth-order valence-electron chi connectivity index (χ4n) is 2.62. The summed E-state index contributed by atoms with van der Waals surface area (Å²) in [6.07, 6.45) is 26.5. The number of rotatable bonds is 17. The molecule has 0 aromatic rings. The standard InChI is InChI=1S/C22H40O/c1-3-5-7-9-11-13-15-17-19-21-22(23)20-18-16-14-12-10-8-6-4-2/h11-14H,3-10,15-21H2,1-2H3/b13-11-,14-12-. The van der Waals surface area contributed by atoms with Gasteiger partial charge in [0.15, 0.2) is 0 Å². The van der Waals surface area contributed by atoms with Crippen molar-refractivity contribution in [2.75, 3.05) is 0 Å². The van der Waals surface area contributed by atoms with Crippen molar-refractivity contribution < 1.29 is 4.79 Å². The molecule has 0 saturated carbocycles. The average Bonchev–Trinajstić information content (AvgIpc) is 2.56. The monoisotopic (exact) mass is 320 g/mol. The fourth-order valence-corrected chi connectivity index (χ4v) is 2.62. The van der Waals surface area contributed by atoms with Gasteiger partial charge in [-0.2, -0.15) is 0 Å². The molecule has 0 atom stereocenters. The highest BCUT2D eigenvalue weighted by Crippen LogP contribution is 2.08. The first-order chi connectivity index (χ1) is 11.3. The van der Waals surface area contributed by atoms with Crippen LogP contribution in [0.15, 0.2) is 24.3 Å². The second-order valence-electron chi connectivity index (χ2n) is 6.61. The van der Waals surface area contributed by atoms with Gasteiger partial charge in [-0.1, -0.05) is 63.8 Å². The van der Waals surface area contributed by atoms with Gasteiger partial charge in [-0.05, 0) is 57.8 Å². The predicted octanol–water partition coefficient (Wildman–Crippen LogP) is 7.56. The number of Topliss-reactive ketones (excluding diaryl/α,β-unsaturated/α-hetero) is 1. The minimum absolute atomic E-state index is 0.455. The number of unbranched alkanes of at least 4 members (excludes halogenated alkanes) is 9. The van der Waals surface area contributed by atoms with Crippen LogP contribution in [0.3, 0.4) is 0 Å². The Kier molecular flexibility index (Phi) is 18.5. The van der Waals surface area contributed by atoms with E-state index in [1.165, 1.54) is 51.4 Å². The zero-order chi connectivity index (χ0) is 17.0. The number of carbonyl (C=O) groups is 1. The van der Waals surface area contributed by atoms with Crippen LogP contribution in [0.1, 0.15) is 110 Å². The van der Waals surface area contributed by atoms with Gasteiger partial charge in [0.25, 0.3) is 0 Å². The Morgan fingerprint density at radius 2 is 0.957 bits per heavy atom. The molecule has 0 N–H and O–H groups in total. The van der Waals surface area contributed by atoms with Gasteiger partial charge in [0.1, 0.15) is 5.78 Å². The third kappa shape index (κ3) is 19.1. The van der Waals surface area contributed by atoms with Crippen LogP contribution in [0, 0.1) is 0 Å². The number of ketones is 1. The molecule has 0 aliphatic heterocycles. The van der Waals surface area contributed by atoms with Crippen LogP contribution in [-0.4, -0.2) is 5.78 Å². The molecule has 0 unspecified atom stereocenters. The highest BCUT2D eigenvalue weighted by atomic mass is 16.1. The van der Waals surface area contributed by atoms with E-state index < -0.39 is 0 Å². The van der Waals surface area contributed by atoms with Crippen LogP contribution >= 0.6 is 0 Å². The number of allylic oxidation sites excluding steroid dienone is 4. The summed E-state index contributed by atoms with van der Waals surface area (Å²) in [4.78, 5) is 11.8. The Morgan fingerprint density at radius 1 is 0.565 bits per heavy atom. The molecule has 23 heavy (non-hydrogen) atoms. The third-order valence-electron chi connectivity index (χ3n) is 4.18. The lowest BCUT2D eigenvalue weighted by molar-refractivity contribution is -0.119. The van der Waals surface area contributed by atoms with Crippen LogP contribution in [0.2, 0.25) is 0 Å². The Labute approximate surface area is 145 Å². The normalized spacial score (nSPS) is 11.7. The molecule has 0 radical (unpaired) electrons. The van der Waals surface area contributed by atoms with Crippen molar-refractivity contribution in [1.82, 2.24) is 0 Å². The molecule has 0 heterocycles. The molecule has 0 amide bonds. The maximum atomic E-state index is 11.8. The van der Waals surface area contributed by atoms with Crippen LogP contribution in [0.4, 0.5) is 0 Å². The summed E-state index contributed by atoms with van der Waals surface area (Å²) in [5.41, 5.74) is 0. The third-order valence-corrected chi connectivity index (χ3v) is 4.18. The summed E-state index contributed by atoms with van der Waals surface area (Å²) in [5.74, 6) is 0.455. The minimum atomic E-state index is 0.455. The first-order valence-electron chi connectivity index (χ1n) is 10.1. The second-order valence-corrected chi connectivity index (χ2v) is 6.61. The second kappa shape index (κ2) is 19.2. The van der Waals surface area contributed by atoms with Gasteiger partial charge in [-0.25, -0.2) is 0 Å². The molecule has 0 aromatic carbocycles. The largest absolute Gasteiger partial charge is 0.300 e. The Balaban J connectivity index is 3.30. The lowest BCUT2D eigenvalue weighted by Gasteiger charge is -1.99.